The lowest BCUT2D eigenvalue weighted by atomic mass is 9.54. The first-order valence-electron chi connectivity index (χ1n) is 11.3. The Labute approximate surface area is 203 Å². The molecule has 2 heterocycles. The second kappa shape index (κ2) is 7.45. The number of rotatable bonds is 4. The molecule has 0 spiro atoms. The van der Waals surface area contributed by atoms with Gasteiger partial charge in [0.1, 0.15) is 0 Å². The first-order valence-corrected chi connectivity index (χ1v) is 11.3. The van der Waals surface area contributed by atoms with Crippen molar-refractivity contribution >= 4 is 46.9 Å². The van der Waals surface area contributed by atoms with E-state index in [9.17, 15) is 39.0 Å². The number of imide groups is 2. The number of carbonyl (C=O) groups excluding carboxylic acids is 6. The lowest BCUT2D eigenvalue weighted by Crippen LogP contribution is -2.50. The summed E-state index contributed by atoms with van der Waals surface area (Å²) in [5.74, 6) is -10.1. The van der Waals surface area contributed by atoms with Crippen LogP contribution in [0.5, 0.6) is 0 Å². The quantitative estimate of drug-likeness (QED) is 0.401. The molecule has 0 unspecified atom stereocenters. The highest BCUT2D eigenvalue weighted by molar-refractivity contribution is 6.26. The molecule has 10 nitrogen and oxygen atoms in total. The van der Waals surface area contributed by atoms with Gasteiger partial charge in [-0.2, -0.15) is 0 Å². The summed E-state index contributed by atoms with van der Waals surface area (Å²) in [4.78, 5) is 78.4. The zero-order chi connectivity index (χ0) is 25.5. The maximum absolute atomic E-state index is 13.5. The van der Waals surface area contributed by atoms with Crippen molar-refractivity contribution in [1.82, 2.24) is 0 Å². The second-order valence-electron chi connectivity index (χ2n) is 9.34. The Morgan fingerprint density at radius 3 is 1.22 bits per heavy atom. The summed E-state index contributed by atoms with van der Waals surface area (Å²) in [6.45, 7) is 0. The fraction of sp³-hybridized carbons (Fsp3) is 0.231. The zero-order valence-electron chi connectivity index (χ0n) is 18.4. The van der Waals surface area contributed by atoms with Crippen LogP contribution in [-0.4, -0.2) is 35.6 Å². The maximum atomic E-state index is 13.5. The fourth-order valence-corrected chi connectivity index (χ4v) is 6.28. The smallest absolute Gasteiger partial charge is 0.238 e. The molecule has 180 valence electrons. The summed E-state index contributed by atoms with van der Waals surface area (Å²) in [6, 6.07) is 10.6. The highest BCUT2D eigenvalue weighted by Crippen LogP contribution is 2.58. The number of hydrogen-bond acceptors (Lipinski definition) is 8. The van der Waals surface area contributed by atoms with Crippen LogP contribution in [0, 0.1) is 35.5 Å². The van der Waals surface area contributed by atoms with E-state index in [1.165, 1.54) is 48.5 Å². The van der Waals surface area contributed by atoms with Crippen LogP contribution in [0.4, 0.5) is 11.4 Å². The zero-order valence-corrected chi connectivity index (χ0v) is 18.4. The number of amides is 4. The Morgan fingerprint density at radius 2 is 0.917 bits per heavy atom. The summed E-state index contributed by atoms with van der Waals surface area (Å²) in [5.41, 5.74) is -0.213. The van der Waals surface area contributed by atoms with E-state index < -0.39 is 71.1 Å². The van der Waals surface area contributed by atoms with Crippen LogP contribution >= 0.6 is 0 Å². The van der Waals surface area contributed by atoms with Gasteiger partial charge in [0.2, 0.25) is 23.6 Å². The number of carboxylic acids is 2. The van der Waals surface area contributed by atoms with Gasteiger partial charge in [-0.1, -0.05) is 36.4 Å². The van der Waals surface area contributed by atoms with Crippen molar-refractivity contribution < 1.29 is 39.0 Å². The number of aromatic carboxylic acids is 2. The highest BCUT2D eigenvalue weighted by Gasteiger charge is 2.68. The number of benzene rings is 2. The molecule has 1 saturated carbocycles. The second-order valence-corrected chi connectivity index (χ2v) is 9.34. The Hall–Kier alpha value is -4.60. The van der Waals surface area contributed by atoms with Gasteiger partial charge in [0.05, 0.1) is 47.0 Å². The van der Waals surface area contributed by atoms with Crippen molar-refractivity contribution in [1.29, 1.82) is 0 Å². The molecule has 2 aliphatic heterocycles. The van der Waals surface area contributed by atoms with E-state index in [2.05, 4.69) is 0 Å². The minimum absolute atomic E-state index is 0.0871. The summed E-state index contributed by atoms with van der Waals surface area (Å²) >= 11 is 0. The molecule has 2 aromatic rings. The van der Waals surface area contributed by atoms with Gasteiger partial charge in [-0.05, 0) is 35.4 Å². The first kappa shape index (κ1) is 21.9. The minimum atomic E-state index is -1.45. The Balaban J connectivity index is 1.38. The van der Waals surface area contributed by atoms with E-state index in [-0.39, 0.29) is 22.5 Å². The van der Waals surface area contributed by atoms with Crippen LogP contribution in [0.3, 0.4) is 0 Å². The van der Waals surface area contributed by atoms with Crippen molar-refractivity contribution in [3.63, 3.8) is 0 Å². The van der Waals surface area contributed by atoms with Gasteiger partial charge in [0, 0.05) is 11.8 Å². The standard InChI is InChI=1S/C26H18N2O8/c29-21-17-15-7-8-16(18(17)22(30)27(21)13-5-1-3-11(9-13)25(33)34)20-19(15)23(31)28(24(20)32)14-6-2-4-12(10-14)26(35)36/h1-10,15-20H,(H,33,34)(H,35,36)/p-2/t15?,16?,17-,18-,19-,20-/m1/s1. The van der Waals surface area contributed by atoms with Gasteiger partial charge in [-0.3, -0.25) is 19.2 Å². The molecule has 2 bridgehead atoms. The highest BCUT2D eigenvalue weighted by atomic mass is 16.4. The van der Waals surface area contributed by atoms with Gasteiger partial charge >= 0.3 is 0 Å². The third-order valence-electron chi connectivity index (χ3n) is 7.69. The van der Waals surface area contributed by atoms with Gasteiger partial charge in [0.15, 0.2) is 0 Å². The third-order valence-corrected chi connectivity index (χ3v) is 7.69. The van der Waals surface area contributed by atoms with Gasteiger partial charge in [0.25, 0.3) is 0 Å². The van der Waals surface area contributed by atoms with E-state index in [1.54, 1.807) is 12.2 Å². The number of carboxylic acid groups (broad SMARTS) is 2. The third kappa shape index (κ3) is 2.78. The van der Waals surface area contributed by atoms with Crippen LogP contribution in [-0.2, 0) is 19.2 Å². The molecule has 5 aliphatic rings. The van der Waals surface area contributed by atoms with Crippen molar-refractivity contribution in [2.24, 2.45) is 35.5 Å². The predicted octanol–water partition coefficient (Wildman–Crippen LogP) is -0.859. The molecule has 4 amide bonds. The van der Waals surface area contributed by atoms with Gasteiger partial charge in [-0.25, -0.2) is 9.80 Å². The molecule has 3 aliphatic carbocycles. The van der Waals surface area contributed by atoms with E-state index in [4.69, 9.17) is 0 Å². The lowest BCUT2D eigenvalue weighted by Gasteiger charge is -2.44. The maximum Gasteiger partial charge on any atom is 0.238 e. The molecule has 36 heavy (non-hydrogen) atoms. The number of nitrogens with zero attached hydrogens (tertiary/aromatic N) is 2. The summed E-state index contributed by atoms with van der Waals surface area (Å²) in [5, 5.41) is 22.6. The van der Waals surface area contributed by atoms with E-state index in [1.807, 2.05) is 0 Å². The van der Waals surface area contributed by atoms with Crippen LogP contribution in [0.15, 0.2) is 60.7 Å². The molecular formula is C26H16N2O8-2. The summed E-state index contributed by atoms with van der Waals surface area (Å²) in [7, 11) is 0. The largest absolute Gasteiger partial charge is 0.545 e. The normalized spacial score (nSPS) is 30.1. The average Bonchev–Trinajstić information content (AvgIpc) is 3.31. The molecular weight excluding hydrogens is 468 g/mol. The van der Waals surface area contributed by atoms with Gasteiger partial charge < -0.3 is 19.8 Å². The van der Waals surface area contributed by atoms with Crippen molar-refractivity contribution in [3.05, 3.63) is 71.8 Å². The van der Waals surface area contributed by atoms with Crippen LogP contribution < -0.4 is 20.0 Å². The van der Waals surface area contributed by atoms with Crippen LogP contribution in [0.1, 0.15) is 20.7 Å². The molecule has 0 radical (unpaired) electrons. The fourth-order valence-electron chi connectivity index (χ4n) is 6.28. The minimum Gasteiger partial charge on any atom is -0.545 e. The first-order chi connectivity index (χ1) is 17.2. The number of hydrogen-bond donors (Lipinski definition) is 0. The monoisotopic (exact) mass is 484 g/mol. The Morgan fingerprint density at radius 1 is 0.583 bits per heavy atom. The Bertz CT molecular complexity index is 1290. The van der Waals surface area contributed by atoms with Crippen LogP contribution in [0.25, 0.3) is 0 Å². The molecule has 7 rings (SSSR count). The predicted molar refractivity (Wildman–Crippen MR) is 117 cm³/mol. The molecule has 2 aromatic carbocycles. The molecule has 2 saturated heterocycles. The van der Waals surface area contributed by atoms with Gasteiger partial charge in [-0.15, -0.1) is 0 Å². The molecule has 4 atom stereocenters. The summed E-state index contributed by atoms with van der Waals surface area (Å²) < 4.78 is 0. The Kier molecular flexibility index (Phi) is 4.53. The topological polar surface area (TPSA) is 155 Å². The number of anilines is 2. The van der Waals surface area contributed by atoms with E-state index in [0.717, 1.165) is 9.80 Å². The van der Waals surface area contributed by atoms with E-state index >= 15 is 0 Å². The van der Waals surface area contributed by atoms with E-state index in [0.29, 0.717) is 0 Å². The average molecular weight is 484 g/mol. The molecule has 0 aromatic heterocycles. The molecule has 10 heteroatoms. The summed E-state index contributed by atoms with van der Waals surface area (Å²) in [6.07, 6.45) is 3.40. The van der Waals surface area contributed by atoms with Crippen molar-refractivity contribution in [3.8, 4) is 0 Å². The number of carbonyl (C=O) groups is 6. The lowest BCUT2D eigenvalue weighted by molar-refractivity contribution is -0.256. The number of allylic oxidation sites excluding steroid dienone is 2. The molecule has 3 fully saturated rings. The van der Waals surface area contributed by atoms with Crippen molar-refractivity contribution in [2.75, 3.05) is 9.80 Å². The SMILES string of the molecule is O=C([O-])c1cccc(N2C(=O)[C@@H]3C4C=CC([C@H]3C2=O)[C@H]2C(=O)N(c3cccc(C(=O)[O-])c3)C(=O)[C@H]42)c1. The molecule has 0 N–H and O–H groups in total. The van der Waals surface area contributed by atoms with Crippen LogP contribution in [0.2, 0.25) is 0 Å². The van der Waals surface area contributed by atoms with Crippen molar-refractivity contribution in [2.45, 2.75) is 0 Å².